The monoisotopic (exact) mass is 288 g/mol. The molecule has 1 aliphatic rings. The van der Waals surface area contributed by atoms with Gasteiger partial charge in [0.2, 0.25) is 10.0 Å². The van der Waals surface area contributed by atoms with Crippen LogP contribution in [0, 0.1) is 5.92 Å². The van der Waals surface area contributed by atoms with Gasteiger partial charge >= 0.3 is 0 Å². The van der Waals surface area contributed by atoms with E-state index in [4.69, 9.17) is 17.3 Å². The molecule has 0 atom stereocenters. The third-order valence-electron chi connectivity index (χ3n) is 3.32. The van der Waals surface area contributed by atoms with E-state index in [0.29, 0.717) is 24.7 Å². The van der Waals surface area contributed by atoms with Gasteiger partial charge in [-0.05, 0) is 37.0 Å². The second kappa shape index (κ2) is 5.07. The van der Waals surface area contributed by atoms with Crippen molar-refractivity contribution in [3.8, 4) is 0 Å². The molecule has 6 heteroatoms. The first-order chi connectivity index (χ1) is 8.41. The predicted octanol–water partition coefficient (Wildman–Crippen LogP) is 2.34. The molecule has 1 heterocycles. The molecule has 1 aromatic carbocycles. The highest BCUT2D eigenvalue weighted by molar-refractivity contribution is 7.89. The molecule has 18 heavy (non-hydrogen) atoms. The standard InChI is InChI=1S/C12H17ClN2O2S/c1-9-4-6-15(7-5-9)18(16,17)12-8-10(14)2-3-11(12)13/h2-3,8-9H,4-7,14H2,1H3. The molecular weight excluding hydrogens is 272 g/mol. The molecule has 1 aromatic rings. The number of anilines is 1. The highest BCUT2D eigenvalue weighted by Crippen LogP contribution is 2.29. The van der Waals surface area contributed by atoms with Gasteiger partial charge in [0, 0.05) is 18.8 Å². The molecule has 0 spiro atoms. The molecular formula is C12H17ClN2O2S. The van der Waals surface area contributed by atoms with Gasteiger partial charge in [-0.3, -0.25) is 0 Å². The first-order valence-corrected chi connectivity index (χ1v) is 7.78. The Morgan fingerprint density at radius 1 is 1.33 bits per heavy atom. The van der Waals surface area contributed by atoms with Crippen LogP contribution in [0.1, 0.15) is 19.8 Å². The van der Waals surface area contributed by atoms with Gasteiger partial charge in [0.15, 0.2) is 0 Å². The molecule has 0 aromatic heterocycles. The topological polar surface area (TPSA) is 63.4 Å². The van der Waals surface area contributed by atoms with Crippen molar-refractivity contribution >= 4 is 27.3 Å². The Bertz CT molecular complexity index is 537. The highest BCUT2D eigenvalue weighted by Gasteiger charge is 2.29. The second-order valence-corrected chi connectivity index (χ2v) is 7.09. The third-order valence-corrected chi connectivity index (χ3v) is 5.70. The van der Waals surface area contributed by atoms with Crippen molar-refractivity contribution in [2.75, 3.05) is 18.8 Å². The van der Waals surface area contributed by atoms with Gasteiger partial charge in [-0.25, -0.2) is 8.42 Å². The zero-order chi connectivity index (χ0) is 13.3. The van der Waals surface area contributed by atoms with E-state index < -0.39 is 10.0 Å². The lowest BCUT2D eigenvalue weighted by Crippen LogP contribution is -2.38. The Balaban J connectivity index is 2.33. The summed E-state index contributed by atoms with van der Waals surface area (Å²) in [5.74, 6) is 0.577. The summed E-state index contributed by atoms with van der Waals surface area (Å²) >= 11 is 5.97. The fourth-order valence-corrected chi connectivity index (χ4v) is 4.06. The van der Waals surface area contributed by atoms with E-state index >= 15 is 0 Å². The Morgan fingerprint density at radius 3 is 2.56 bits per heavy atom. The third kappa shape index (κ3) is 2.63. The summed E-state index contributed by atoms with van der Waals surface area (Å²) in [4.78, 5) is 0.110. The van der Waals surface area contributed by atoms with Crippen LogP contribution in [0.3, 0.4) is 0 Å². The van der Waals surface area contributed by atoms with Gasteiger partial charge in [-0.15, -0.1) is 0 Å². The zero-order valence-corrected chi connectivity index (χ0v) is 11.8. The smallest absolute Gasteiger partial charge is 0.244 e. The van der Waals surface area contributed by atoms with E-state index in [1.165, 1.54) is 16.4 Å². The first kappa shape index (κ1) is 13.6. The SMILES string of the molecule is CC1CCN(S(=O)(=O)c2cc(N)ccc2Cl)CC1. The Morgan fingerprint density at radius 2 is 1.94 bits per heavy atom. The van der Waals surface area contributed by atoms with E-state index in [1.54, 1.807) is 6.07 Å². The van der Waals surface area contributed by atoms with Crippen molar-refractivity contribution in [3.05, 3.63) is 23.2 Å². The molecule has 0 amide bonds. The van der Waals surface area contributed by atoms with Gasteiger partial charge in [-0.1, -0.05) is 18.5 Å². The largest absolute Gasteiger partial charge is 0.399 e. The fourth-order valence-electron chi connectivity index (χ4n) is 2.08. The highest BCUT2D eigenvalue weighted by atomic mass is 35.5. The summed E-state index contributed by atoms with van der Waals surface area (Å²) in [6, 6.07) is 4.55. The van der Waals surface area contributed by atoms with Crippen LogP contribution in [-0.4, -0.2) is 25.8 Å². The number of halogens is 1. The minimum Gasteiger partial charge on any atom is -0.399 e. The van der Waals surface area contributed by atoms with Gasteiger partial charge < -0.3 is 5.73 Å². The molecule has 0 aliphatic carbocycles. The number of rotatable bonds is 2. The van der Waals surface area contributed by atoms with Crippen molar-refractivity contribution < 1.29 is 8.42 Å². The van der Waals surface area contributed by atoms with Gasteiger partial charge in [-0.2, -0.15) is 4.31 Å². The van der Waals surface area contributed by atoms with E-state index in [0.717, 1.165) is 12.8 Å². The number of piperidine rings is 1. The number of hydrogen-bond donors (Lipinski definition) is 1. The van der Waals surface area contributed by atoms with Crippen molar-refractivity contribution in [3.63, 3.8) is 0 Å². The van der Waals surface area contributed by atoms with E-state index in [2.05, 4.69) is 6.92 Å². The maximum atomic E-state index is 12.5. The summed E-state index contributed by atoms with van der Waals surface area (Å²) in [7, 11) is -3.52. The summed E-state index contributed by atoms with van der Waals surface area (Å²) in [6.45, 7) is 3.24. The molecule has 4 nitrogen and oxygen atoms in total. The van der Waals surface area contributed by atoms with Crippen molar-refractivity contribution in [1.29, 1.82) is 0 Å². The number of nitrogens with zero attached hydrogens (tertiary/aromatic N) is 1. The quantitative estimate of drug-likeness (QED) is 0.850. The zero-order valence-electron chi connectivity index (χ0n) is 10.3. The Hall–Kier alpha value is -0.780. The number of benzene rings is 1. The maximum absolute atomic E-state index is 12.5. The molecule has 1 saturated heterocycles. The number of hydrogen-bond acceptors (Lipinski definition) is 3. The summed E-state index contributed by atoms with van der Waals surface area (Å²) in [6.07, 6.45) is 1.78. The van der Waals surface area contributed by atoms with Crippen LogP contribution in [0.15, 0.2) is 23.1 Å². The lowest BCUT2D eigenvalue weighted by atomic mass is 10.0. The average molecular weight is 289 g/mol. The first-order valence-electron chi connectivity index (χ1n) is 5.96. The number of nitrogen functional groups attached to an aromatic ring is 1. The van der Waals surface area contributed by atoms with Gasteiger partial charge in [0.05, 0.1) is 5.02 Å². The molecule has 0 unspecified atom stereocenters. The Labute approximate surface area is 113 Å². The van der Waals surface area contributed by atoms with Crippen molar-refractivity contribution in [1.82, 2.24) is 4.31 Å². The fraction of sp³-hybridized carbons (Fsp3) is 0.500. The molecule has 1 aliphatic heterocycles. The van der Waals surface area contributed by atoms with E-state index in [1.807, 2.05) is 0 Å². The van der Waals surface area contributed by atoms with Crippen LogP contribution >= 0.6 is 11.6 Å². The number of nitrogens with two attached hydrogens (primary N) is 1. The molecule has 1 fully saturated rings. The van der Waals surface area contributed by atoms with Crippen LogP contribution in [0.25, 0.3) is 0 Å². The number of sulfonamides is 1. The lowest BCUT2D eigenvalue weighted by molar-refractivity contribution is 0.288. The van der Waals surface area contributed by atoms with Crippen LogP contribution in [0.4, 0.5) is 5.69 Å². The molecule has 100 valence electrons. The van der Waals surface area contributed by atoms with E-state index in [9.17, 15) is 8.42 Å². The van der Waals surface area contributed by atoms with Crippen LogP contribution in [0.2, 0.25) is 5.02 Å². The van der Waals surface area contributed by atoms with Gasteiger partial charge in [0.1, 0.15) is 4.90 Å². The molecule has 0 bridgehead atoms. The average Bonchev–Trinajstić information content (AvgIpc) is 2.32. The normalized spacial score (nSPS) is 19.0. The maximum Gasteiger partial charge on any atom is 0.244 e. The Kier molecular flexibility index (Phi) is 3.84. The minimum atomic E-state index is -3.52. The summed E-state index contributed by atoms with van der Waals surface area (Å²) in [5, 5.41) is 0.225. The van der Waals surface area contributed by atoms with Crippen LogP contribution < -0.4 is 5.73 Å². The predicted molar refractivity (Wildman–Crippen MR) is 73.0 cm³/mol. The lowest BCUT2D eigenvalue weighted by Gasteiger charge is -2.29. The van der Waals surface area contributed by atoms with Crippen LogP contribution in [0.5, 0.6) is 0 Å². The summed E-state index contributed by atoms with van der Waals surface area (Å²) in [5.41, 5.74) is 6.04. The molecule has 0 radical (unpaired) electrons. The van der Waals surface area contributed by atoms with Crippen LogP contribution in [-0.2, 0) is 10.0 Å². The van der Waals surface area contributed by atoms with Crippen molar-refractivity contribution in [2.24, 2.45) is 5.92 Å². The molecule has 2 rings (SSSR count). The molecule has 2 N–H and O–H groups in total. The van der Waals surface area contributed by atoms with Gasteiger partial charge in [0.25, 0.3) is 0 Å². The van der Waals surface area contributed by atoms with E-state index in [-0.39, 0.29) is 9.92 Å². The second-order valence-electron chi connectivity index (χ2n) is 4.78. The van der Waals surface area contributed by atoms with Crippen molar-refractivity contribution in [2.45, 2.75) is 24.7 Å². The minimum absolute atomic E-state index is 0.110. The summed E-state index contributed by atoms with van der Waals surface area (Å²) < 4.78 is 26.4. The molecule has 0 saturated carbocycles.